The molecule has 1 atom stereocenters. The zero-order valence-electron chi connectivity index (χ0n) is 9.23. The Bertz CT molecular complexity index is 413. The van der Waals surface area contributed by atoms with Crippen molar-refractivity contribution in [3.05, 3.63) is 35.6 Å². The van der Waals surface area contributed by atoms with Crippen molar-refractivity contribution in [3.63, 3.8) is 0 Å². The lowest BCUT2D eigenvalue weighted by atomic mass is 10.1. The first-order chi connectivity index (χ1) is 8.22. The average Bonchev–Trinajstić information content (AvgIpc) is 2.38. The molecule has 5 heteroatoms. The summed E-state index contributed by atoms with van der Waals surface area (Å²) in [5.74, 6) is -0.739. The summed E-state index contributed by atoms with van der Waals surface area (Å²) in [5, 5.41) is 0.675. The normalized spacial score (nSPS) is 20.4. The van der Waals surface area contributed by atoms with Gasteiger partial charge in [0.15, 0.2) is 0 Å². The SMILES string of the molecule is O=C(c1ccccc1F)N1CCOC(CBr)C1. The van der Waals surface area contributed by atoms with E-state index in [2.05, 4.69) is 15.9 Å². The smallest absolute Gasteiger partial charge is 0.256 e. The van der Waals surface area contributed by atoms with Gasteiger partial charge >= 0.3 is 0 Å². The fourth-order valence-electron chi connectivity index (χ4n) is 1.80. The van der Waals surface area contributed by atoms with Gasteiger partial charge in [0.1, 0.15) is 5.82 Å². The van der Waals surface area contributed by atoms with E-state index in [-0.39, 0.29) is 17.6 Å². The Morgan fingerprint density at radius 2 is 2.29 bits per heavy atom. The Hall–Kier alpha value is -0.940. The molecule has 1 aromatic rings. The van der Waals surface area contributed by atoms with Gasteiger partial charge in [0, 0.05) is 18.4 Å². The monoisotopic (exact) mass is 301 g/mol. The summed E-state index contributed by atoms with van der Waals surface area (Å²) in [4.78, 5) is 13.7. The lowest BCUT2D eigenvalue weighted by molar-refractivity contribution is -0.00982. The number of ether oxygens (including phenoxy) is 1. The average molecular weight is 302 g/mol. The molecule has 0 saturated carbocycles. The van der Waals surface area contributed by atoms with Gasteiger partial charge in [-0.1, -0.05) is 28.1 Å². The van der Waals surface area contributed by atoms with Gasteiger partial charge < -0.3 is 9.64 Å². The van der Waals surface area contributed by atoms with E-state index >= 15 is 0 Å². The lowest BCUT2D eigenvalue weighted by Gasteiger charge is -2.32. The Labute approximate surface area is 108 Å². The van der Waals surface area contributed by atoms with Crippen LogP contribution in [-0.4, -0.2) is 41.9 Å². The van der Waals surface area contributed by atoms with Crippen molar-refractivity contribution in [1.82, 2.24) is 4.90 Å². The molecule has 1 amide bonds. The quantitative estimate of drug-likeness (QED) is 0.783. The molecule has 0 radical (unpaired) electrons. The summed E-state index contributed by atoms with van der Waals surface area (Å²) in [6.07, 6.45) is -0.0144. The summed E-state index contributed by atoms with van der Waals surface area (Å²) in [5.41, 5.74) is 0.128. The Balaban J connectivity index is 2.12. The Morgan fingerprint density at radius 1 is 1.53 bits per heavy atom. The number of alkyl halides is 1. The van der Waals surface area contributed by atoms with Crippen LogP contribution in [0, 0.1) is 5.82 Å². The van der Waals surface area contributed by atoms with Crippen LogP contribution in [0.5, 0.6) is 0 Å². The molecule has 0 bridgehead atoms. The van der Waals surface area contributed by atoms with E-state index in [9.17, 15) is 9.18 Å². The number of morpholine rings is 1. The molecule has 1 saturated heterocycles. The maximum absolute atomic E-state index is 13.5. The third kappa shape index (κ3) is 2.84. The van der Waals surface area contributed by atoms with Gasteiger partial charge in [-0.05, 0) is 12.1 Å². The van der Waals surface area contributed by atoms with E-state index in [4.69, 9.17) is 4.74 Å². The highest BCUT2D eigenvalue weighted by molar-refractivity contribution is 9.09. The van der Waals surface area contributed by atoms with Crippen LogP contribution in [-0.2, 0) is 4.74 Å². The van der Waals surface area contributed by atoms with Crippen molar-refractivity contribution in [2.75, 3.05) is 25.0 Å². The van der Waals surface area contributed by atoms with Crippen molar-refractivity contribution in [2.24, 2.45) is 0 Å². The number of rotatable bonds is 2. The highest BCUT2D eigenvalue weighted by atomic mass is 79.9. The van der Waals surface area contributed by atoms with Crippen LogP contribution in [0.25, 0.3) is 0 Å². The topological polar surface area (TPSA) is 29.5 Å². The van der Waals surface area contributed by atoms with Crippen LogP contribution in [0.2, 0.25) is 0 Å². The number of hydrogen-bond donors (Lipinski definition) is 0. The van der Waals surface area contributed by atoms with Gasteiger partial charge in [0.25, 0.3) is 5.91 Å². The molecular formula is C12H13BrFNO2. The zero-order chi connectivity index (χ0) is 12.3. The second-order valence-corrected chi connectivity index (χ2v) is 4.53. The molecule has 3 nitrogen and oxygen atoms in total. The molecular weight excluding hydrogens is 289 g/mol. The number of carbonyl (C=O) groups is 1. The Morgan fingerprint density at radius 3 is 3.00 bits per heavy atom. The minimum atomic E-state index is -0.473. The summed E-state index contributed by atoms with van der Waals surface area (Å²) in [6, 6.07) is 6.05. The van der Waals surface area contributed by atoms with Gasteiger partial charge in [-0.25, -0.2) is 4.39 Å². The summed E-state index contributed by atoms with van der Waals surface area (Å²) in [6.45, 7) is 1.51. The zero-order valence-corrected chi connectivity index (χ0v) is 10.8. The van der Waals surface area contributed by atoms with Crippen molar-refractivity contribution in [1.29, 1.82) is 0 Å². The van der Waals surface area contributed by atoms with Gasteiger partial charge in [-0.15, -0.1) is 0 Å². The number of amides is 1. The molecule has 0 aliphatic carbocycles. The molecule has 2 rings (SSSR count). The molecule has 1 unspecified atom stereocenters. The van der Waals surface area contributed by atoms with E-state index in [0.717, 1.165) is 0 Å². The first-order valence-electron chi connectivity index (χ1n) is 5.43. The molecule has 1 aliphatic rings. The highest BCUT2D eigenvalue weighted by Gasteiger charge is 2.25. The van der Waals surface area contributed by atoms with Gasteiger partial charge in [0.2, 0.25) is 0 Å². The van der Waals surface area contributed by atoms with Crippen molar-refractivity contribution in [3.8, 4) is 0 Å². The van der Waals surface area contributed by atoms with Gasteiger partial charge in [0.05, 0.1) is 18.3 Å². The predicted octanol–water partition coefficient (Wildman–Crippen LogP) is 2.06. The van der Waals surface area contributed by atoms with E-state index in [1.807, 2.05) is 0 Å². The summed E-state index contributed by atoms with van der Waals surface area (Å²) in [7, 11) is 0. The molecule has 92 valence electrons. The number of carbonyl (C=O) groups excluding carboxylic acids is 1. The van der Waals surface area contributed by atoms with Crippen molar-refractivity contribution >= 4 is 21.8 Å². The minimum absolute atomic E-state index is 0.0144. The third-order valence-electron chi connectivity index (χ3n) is 2.70. The van der Waals surface area contributed by atoms with E-state index in [0.29, 0.717) is 25.0 Å². The van der Waals surface area contributed by atoms with Crippen molar-refractivity contribution in [2.45, 2.75) is 6.10 Å². The van der Waals surface area contributed by atoms with Crippen LogP contribution < -0.4 is 0 Å². The molecule has 1 heterocycles. The minimum Gasteiger partial charge on any atom is -0.374 e. The van der Waals surface area contributed by atoms with Crippen LogP contribution in [0.4, 0.5) is 4.39 Å². The molecule has 0 spiro atoms. The predicted molar refractivity (Wildman–Crippen MR) is 65.8 cm³/mol. The van der Waals surface area contributed by atoms with Crippen LogP contribution in [0.3, 0.4) is 0 Å². The van der Waals surface area contributed by atoms with Crippen molar-refractivity contribution < 1.29 is 13.9 Å². The third-order valence-corrected chi connectivity index (χ3v) is 3.42. The molecule has 1 aromatic carbocycles. The molecule has 0 aromatic heterocycles. The maximum Gasteiger partial charge on any atom is 0.256 e. The highest BCUT2D eigenvalue weighted by Crippen LogP contribution is 2.14. The fourth-order valence-corrected chi connectivity index (χ4v) is 2.19. The molecule has 1 fully saturated rings. The largest absolute Gasteiger partial charge is 0.374 e. The fraction of sp³-hybridized carbons (Fsp3) is 0.417. The number of benzene rings is 1. The van der Waals surface area contributed by atoms with Gasteiger partial charge in [-0.2, -0.15) is 0 Å². The van der Waals surface area contributed by atoms with Crippen LogP contribution in [0.15, 0.2) is 24.3 Å². The van der Waals surface area contributed by atoms with Crippen LogP contribution >= 0.6 is 15.9 Å². The molecule has 17 heavy (non-hydrogen) atoms. The second kappa shape index (κ2) is 5.60. The standard InChI is InChI=1S/C12H13BrFNO2/c13-7-9-8-15(5-6-17-9)12(16)10-3-1-2-4-11(10)14/h1-4,9H,5-8H2. The number of halogens is 2. The summed E-state index contributed by atoms with van der Waals surface area (Å²) >= 11 is 3.32. The van der Waals surface area contributed by atoms with E-state index in [1.54, 1.807) is 17.0 Å². The van der Waals surface area contributed by atoms with Gasteiger partial charge in [-0.3, -0.25) is 4.79 Å². The molecule has 0 N–H and O–H groups in total. The number of hydrogen-bond acceptors (Lipinski definition) is 2. The lowest BCUT2D eigenvalue weighted by Crippen LogP contribution is -2.46. The second-order valence-electron chi connectivity index (χ2n) is 3.88. The summed E-state index contributed by atoms with van der Waals surface area (Å²) < 4.78 is 18.9. The van der Waals surface area contributed by atoms with E-state index < -0.39 is 5.82 Å². The number of nitrogens with zero attached hydrogens (tertiary/aromatic N) is 1. The Kier molecular flexibility index (Phi) is 4.12. The molecule has 1 aliphatic heterocycles. The first-order valence-corrected chi connectivity index (χ1v) is 6.56. The maximum atomic E-state index is 13.5. The van der Waals surface area contributed by atoms with E-state index in [1.165, 1.54) is 12.1 Å². The first kappa shape index (κ1) is 12.5. The van der Waals surface area contributed by atoms with Crippen LogP contribution in [0.1, 0.15) is 10.4 Å².